The highest BCUT2D eigenvalue weighted by Gasteiger charge is 2.39. The van der Waals surface area contributed by atoms with Crippen molar-refractivity contribution >= 4 is 19.9 Å². The topological polar surface area (TPSA) is 71.5 Å². The molecule has 1 atom stereocenters. The van der Waals surface area contributed by atoms with Gasteiger partial charge in [-0.25, -0.2) is 16.8 Å². The first-order chi connectivity index (χ1) is 12.6. The monoisotopic (exact) mass is 407 g/mol. The predicted molar refractivity (Wildman–Crippen MR) is 107 cm³/mol. The fourth-order valence-corrected chi connectivity index (χ4v) is 7.28. The van der Waals surface area contributed by atoms with Gasteiger partial charge in [0.05, 0.1) is 16.4 Å². The zero-order valence-corrected chi connectivity index (χ0v) is 17.5. The van der Waals surface area contributed by atoms with Crippen LogP contribution in [-0.4, -0.2) is 38.7 Å². The minimum Gasteiger partial charge on any atom is -0.229 e. The Balaban J connectivity index is 2.07. The summed E-state index contributed by atoms with van der Waals surface area (Å²) in [5.74, 6) is -0.0899. The summed E-state index contributed by atoms with van der Waals surface area (Å²) in [5, 5.41) is 0. The lowest BCUT2D eigenvalue weighted by molar-refractivity contribution is 0.334. The van der Waals surface area contributed by atoms with Gasteiger partial charge in [-0.2, -0.15) is 4.31 Å². The first-order valence-corrected chi connectivity index (χ1v) is 12.2. The van der Waals surface area contributed by atoms with Crippen LogP contribution in [-0.2, 0) is 26.4 Å². The van der Waals surface area contributed by atoms with Crippen LogP contribution in [0.4, 0.5) is 0 Å². The molecule has 3 rings (SSSR count). The number of hydrogen-bond donors (Lipinski definition) is 0. The molecular weight excluding hydrogens is 382 g/mol. The van der Waals surface area contributed by atoms with Gasteiger partial charge in [0.15, 0.2) is 9.84 Å². The molecule has 0 radical (unpaired) electrons. The van der Waals surface area contributed by atoms with Crippen LogP contribution in [0.1, 0.15) is 28.7 Å². The van der Waals surface area contributed by atoms with Crippen LogP contribution >= 0.6 is 0 Å². The maximum Gasteiger partial charge on any atom is 0.243 e. The van der Waals surface area contributed by atoms with E-state index >= 15 is 0 Å². The number of sulfone groups is 1. The Morgan fingerprint density at radius 3 is 2.22 bits per heavy atom. The summed E-state index contributed by atoms with van der Waals surface area (Å²) >= 11 is 0. The Labute approximate surface area is 162 Å². The van der Waals surface area contributed by atoms with Gasteiger partial charge in [-0.3, -0.25) is 0 Å². The highest BCUT2D eigenvalue weighted by Crippen LogP contribution is 2.30. The van der Waals surface area contributed by atoms with Gasteiger partial charge in [-0.1, -0.05) is 36.4 Å². The molecule has 146 valence electrons. The molecule has 0 aliphatic carbocycles. The molecule has 1 saturated heterocycles. The molecule has 5 nitrogen and oxygen atoms in total. The average Bonchev–Trinajstić information content (AvgIpc) is 2.96. The summed E-state index contributed by atoms with van der Waals surface area (Å²) < 4.78 is 52.5. The van der Waals surface area contributed by atoms with Crippen LogP contribution < -0.4 is 0 Å². The van der Waals surface area contributed by atoms with Gasteiger partial charge >= 0.3 is 0 Å². The van der Waals surface area contributed by atoms with E-state index in [9.17, 15) is 16.8 Å². The summed E-state index contributed by atoms with van der Waals surface area (Å²) in [7, 11) is -7.04. The fraction of sp³-hybridized carbons (Fsp3) is 0.400. The molecule has 0 bridgehead atoms. The third-order valence-electron chi connectivity index (χ3n) is 5.17. The minimum absolute atomic E-state index is 0.0321. The first-order valence-electron chi connectivity index (χ1n) is 8.94. The highest BCUT2D eigenvalue weighted by atomic mass is 32.2. The molecular formula is C20H25NO4S2. The molecule has 27 heavy (non-hydrogen) atoms. The molecule has 1 aliphatic heterocycles. The molecule has 1 heterocycles. The number of benzene rings is 2. The number of aryl methyl sites for hydroxylation is 3. The zero-order chi connectivity index (χ0) is 19.8. The molecule has 2 aromatic carbocycles. The first kappa shape index (κ1) is 20.0. The molecule has 0 N–H and O–H groups in total. The second kappa shape index (κ2) is 7.37. The second-order valence-corrected chi connectivity index (χ2v) is 11.4. The van der Waals surface area contributed by atoms with Gasteiger partial charge < -0.3 is 0 Å². The normalized spacial score (nSPS) is 19.5. The molecule has 0 unspecified atom stereocenters. The van der Waals surface area contributed by atoms with Crippen LogP contribution in [0.3, 0.4) is 0 Å². The van der Waals surface area contributed by atoms with Crippen LogP contribution in [0, 0.1) is 20.8 Å². The van der Waals surface area contributed by atoms with E-state index in [4.69, 9.17) is 0 Å². The van der Waals surface area contributed by atoms with Crippen molar-refractivity contribution in [3.63, 3.8) is 0 Å². The van der Waals surface area contributed by atoms with E-state index in [0.717, 1.165) is 16.7 Å². The lowest BCUT2D eigenvalue weighted by atomic mass is 10.1. The lowest BCUT2D eigenvalue weighted by Crippen LogP contribution is -2.40. The molecule has 2 aromatic rings. The lowest BCUT2D eigenvalue weighted by Gasteiger charge is -2.28. The summed E-state index contributed by atoms with van der Waals surface area (Å²) in [6.07, 6.45) is 0.332. The van der Waals surface area contributed by atoms with E-state index in [2.05, 4.69) is 0 Å². The Bertz CT molecular complexity index is 1040. The highest BCUT2D eigenvalue weighted by molar-refractivity contribution is 7.92. The van der Waals surface area contributed by atoms with Gasteiger partial charge in [0.25, 0.3) is 0 Å². The summed E-state index contributed by atoms with van der Waals surface area (Å²) in [4.78, 5) is 0.255. The number of hydrogen-bond acceptors (Lipinski definition) is 4. The van der Waals surface area contributed by atoms with Crippen molar-refractivity contribution < 1.29 is 16.8 Å². The van der Waals surface area contributed by atoms with E-state index in [1.54, 1.807) is 13.0 Å². The molecule has 0 saturated carbocycles. The Morgan fingerprint density at radius 2 is 1.63 bits per heavy atom. The van der Waals surface area contributed by atoms with Crippen LogP contribution in [0.5, 0.6) is 0 Å². The molecule has 0 spiro atoms. The SMILES string of the molecule is Cc1cc(C)c(S(=O)(=O)N(Cc2ccccc2)[C@H]2CCS(=O)(=O)C2)cc1C. The maximum atomic E-state index is 13.6. The van der Waals surface area contributed by atoms with Crippen molar-refractivity contribution in [2.24, 2.45) is 0 Å². The summed E-state index contributed by atoms with van der Waals surface area (Å²) in [6.45, 7) is 5.78. The Hall–Kier alpha value is -1.70. The predicted octanol–water partition coefficient (Wildman–Crippen LogP) is 2.99. The smallest absolute Gasteiger partial charge is 0.229 e. The minimum atomic E-state index is -3.83. The maximum absolute atomic E-state index is 13.6. The average molecular weight is 408 g/mol. The molecule has 0 aromatic heterocycles. The van der Waals surface area contributed by atoms with Gasteiger partial charge in [0, 0.05) is 12.6 Å². The summed E-state index contributed by atoms with van der Waals surface area (Å²) in [5.41, 5.74) is 3.45. The van der Waals surface area contributed by atoms with Crippen molar-refractivity contribution in [3.05, 3.63) is 64.7 Å². The van der Waals surface area contributed by atoms with E-state index in [-0.39, 0.29) is 22.9 Å². The van der Waals surface area contributed by atoms with E-state index < -0.39 is 25.9 Å². The quantitative estimate of drug-likeness (QED) is 0.764. The van der Waals surface area contributed by atoms with E-state index in [1.165, 1.54) is 4.31 Å². The third-order valence-corrected chi connectivity index (χ3v) is 8.97. The summed E-state index contributed by atoms with van der Waals surface area (Å²) in [6, 6.07) is 12.3. The molecule has 1 fully saturated rings. The standard InChI is InChI=1S/C20H25NO4S2/c1-15-11-17(3)20(12-16(15)2)27(24,25)21(13-18-7-5-4-6-8-18)19-9-10-26(22,23)14-19/h4-8,11-12,19H,9-10,13-14H2,1-3H3/t19-/m0/s1. The van der Waals surface area contributed by atoms with Crippen LogP contribution in [0.15, 0.2) is 47.4 Å². The molecule has 7 heteroatoms. The Kier molecular flexibility index (Phi) is 5.47. The van der Waals surface area contributed by atoms with Crippen molar-refractivity contribution in [1.29, 1.82) is 0 Å². The van der Waals surface area contributed by atoms with Gasteiger partial charge in [0.2, 0.25) is 10.0 Å². The number of sulfonamides is 1. The fourth-order valence-electron chi connectivity index (χ4n) is 3.51. The van der Waals surface area contributed by atoms with Crippen molar-refractivity contribution in [1.82, 2.24) is 4.31 Å². The van der Waals surface area contributed by atoms with Crippen molar-refractivity contribution in [3.8, 4) is 0 Å². The second-order valence-electron chi connectivity index (χ2n) is 7.29. The van der Waals surface area contributed by atoms with Crippen molar-refractivity contribution in [2.75, 3.05) is 11.5 Å². The third kappa shape index (κ3) is 4.25. The van der Waals surface area contributed by atoms with E-state index in [0.29, 0.717) is 12.0 Å². The van der Waals surface area contributed by atoms with Crippen LogP contribution in [0.25, 0.3) is 0 Å². The Morgan fingerprint density at radius 1 is 1.00 bits per heavy atom. The van der Waals surface area contributed by atoms with Crippen LogP contribution in [0.2, 0.25) is 0 Å². The van der Waals surface area contributed by atoms with Gasteiger partial charge in [-0.15, -0.1) is 0 Å². The van der Waals surface area contributed by atoms with Gasteiger partial charge in [-0.05, 0) is 55.5 Å². The van der Waals surface area contributed by atoms with E-state index in [1.807, 2.05) is 50.2 Å². The zero-order valence-electron chi connectivity index (χ0n) is 15.8. The van der Waals surface area contributed by atoms with Crippen molar-refractivity contribution in [2.45, 2.75) is 44.7 Å². The molecule has 1 aliphatic rings. The number of rotatable bonds is 5. The molecule has 0 amide bonds. The number of nitrogens with zero attached hydrogens (tertiary/aromatic N) is 1. The van der Waals surface area contributed by atoms with Gasteiger partial charge in [0.1, 0.15) is 0 Å². The largest absolute Gasteiger partial charge is 0.243 e.